The number of carbonyl (C=O) groups excluding carboxylic acids is 1. The number of allylic oxidation sites excluding steroid dienone is 2. The Bertz CT molecular complexity index is 212. The van der Waals surface area contributed by atoms with Crippen molar-refractivity contribution < 1.29 is 4.79 Å². The number of carbonyl (C=O) groups is 1. The van der Waals surface area contributed by atoms with Gasteiger partial charge in [-0.2, -0.15) is 5.26 Å². The first-order valence-electron chi connectivity index (χ1n) is 3.60. The molecule has 0 aliphatic heterocycles. The van der Waals surface area contributed by atoms with Gasteiger partial charge in [-0.15, -0.1) is 0 Å². The fourth-order valence-corrected chi connectivity index (χ4v) is 0.622. The van der Waals surface area contributed by atoms with Crippen molar-refractivity contribution in [3.8, 4) is 6.07 Å². The van der Waals surface area contributed by atoms with Gasteiger partial charge in [0.15, 0.2) is 0 Å². The SMILES string of the molecule is C/C=C/CC(C)(C#N)C(C)=O. The molecule has 0 rings (SSSR count). The molecule has 0 saturated heterocycles. The minimum absolute atomic E-state index is 0.0712. The minimum Gasteiger partial charge on any atom is -0.298 e. The summed E-state index contributed by atoms with van der Waals surface area (Å²) in [5.41, 5.74) is -0.827. The molecule has 0 aliphatic carbocycles. The third kappa shape index (κ3) is 2.55. The molecule has 0 aromatic rings. The van der Waals surface area contributed by atoms with Crippen LogP contribution >= 0.6 is 0 Å². The van der Waals surface area contributed by atoms with Crippen LogP contribution in [-0.4, -0.2) is 5.78 Å². The number of rotatable bonds is 3. The molecule has 0 aliphatic rings. The lowest BCUT2D eigenvalue weighted by Crippen LogP contribution is -2.22. The summed E-state index contributed by atoms with van der Waals surface area (Å²) in [6, 6.07) is 2.01. The summed E-state index contributed by atoms with van der Waals surface area (Å²) in [5.74, 6) is -0.0712. The highest BCUT2D eigenvalue weighted by atomic mass is 16.1. The van der Waals surface area contributed by atoms with Crippen LogP contribution in [0.2, 0.25) is 0 Å². The van der Waals surface area contributed by atoms with Gasteiger partial charge >= 0.3 is 0 Å². The average molecular weight is 151 g/mol. The maximum atomic E-state index is 10.9. The first kappa shape index (κ1) is 9.90. The van der Waals surface area contributed by atoms with E-state index in [0.29, 0.717) is 6.42 Å². The van der Waals surface area contributed by atoms with E-state index in [1.54, 1.807) is 6.92 Å². The molecular weight excluding hydrogens is 138 g/mol. The van der Waals surface area contributed by atoms with E-state index in [-0.39, 0.29) is 5.78 Å². The lowest BCUT2D eigenvalue weighted by atomic mass is 9.84. The Balaban J connectivity index is 4.38. The Morgan fingerprint density at radius 3 is 2.55 bits per heavy atom. The lowest BCUT2D eigenvalue weighted by molar-refractivity contribution is -0.122. The quantitative estimate of drug-likeness (QED) is 0.579. The van der Waals surface area contributed by atoms with Crippen molar-refractivity contribution >= 4 is 5.78 Å². The van der Waals surface area contributed by atoms with Gasteiger partial charge in [-0.3, -0.25) is 4.79 Å². The molecule has 2 nitrogen and oxygen atoms in total. The molecular formula is C9H13NO. The van der Waals surface area contributed by atoms with Crippen molar-refractivity contribution in [2.45, 2.75) is 27.2 Å². The molecule has 0 radical (unpaired) electrons. The monoisotopic (exact) mass is 151 g/mol. The minimum atomic E-state index is -0.827. The largest absolute Gasteiger partial charge is 0.298 e. The molecule has 2 heteroatoms. The van der Waals surface area contributed by atoms with Crippen molar-refractivity contribution in [1.29, 1.82) is 5.26 Å². The van der Waals surface area contributed by atoms with Gasteiger partial charge in [0.1, 0.15) is 11.2 Å². The molecule has 11 heavy (non-hydrogen) atoms. The van der Waals surface area contributed by atoms with E-state index in [4.69, 9.17) is 5.26 Å². The maximum absolute atomic E-state index is 10.9. The van der Waals surface area contributed by atoms with E-state index in [1.165, 1.54) is 6.92 Å². The van der Waals surface area contributed by atoms with Gasteiger partial charge in [-0.1, -0.05) is 12.2 Å². The zero-order valence-electron chi connectivity index (χ0n) is 7.22. The second-order valence-electron chi connectivity index (χ2n) is 2.77. The summed E-state index contributed by atoms with van der Waals surface area (Å²) in [4.78, 5) is 10.9. The number of Topliss-reactive ketones (excluding diaryl/α,β-unsaturated/α-hetero) is 1. The molecule has 1 unspecified atom stereocenters. The molecule has 0 N–H and O–H groups in total. The Morgan fingerprint density at radius 2 is 2.27 bits per heavy atom. The average Bonchev–Trinajstić information content (AvgIpc) is 2.00. The smallest absolute Gasteiger partial charge is 0.150 e. The van der Waals surface area contributed by atoms with E-state index in [0.717, 1.165) is 0 Å². The first-order valence-corrected chi connectivity index (χ1v) is 3.60. The standard InChI is InChI=1S/C9H13NO/c1-4-5-6-9(3,7-10)8(2)11/h4-5H,6H2,1-3H3/b5-4+. The van der Waals surface area contributed by atoms with Gasteiger partial charge in [0, 0.05) is 0 Å². The Hall–Kier alpha value is -1.10. The summed E-state index contributed by atoms with van der Waals surface area (Å²) >= 11 is 0. The first-order chi connectivity index (χ1) is 5.06. The molecule has 0 saturated carbocycles. The fourth-order valence-electron chi connectivity index (χ4n) is 0.622. The number of ketones is 1. The van der Waals surface area contributed by atoms with Crippen molar-refractivity contribution in [3.05, 3.63) is 12.2 Å². The molecule has 0 amide bonds. The van der Waals surface area contributed by atoms with Gasteiger partial charge in [-0.05, 0) is 27.2 Å². The van der Waals surface area contributed by atoms with Crippen molar-refractivity contribution in [2.75, 3.05) is 0 Å². The zero-order chi connectivity index (χ0) is 8.91. The second-order valence-corrected chi connectivity index (χ2v) is 2.77. The van der Waals surface area contributed by atoms with Crippen LogP contribution in [0.3, 0.4) is 0 Å². The lowest BCUT2D eigenvalue weighted by Gasteiger charge is -2.14. The topological polar surface area (TPSA) is 40.9 Å². The van der Waals surface area contributed by atoms with E-state index in [1.807, 2.05) is 25.1 Å². The highest BCUT2D eigenvalue weighted by Gasteiger charge is 2.27. The second kappa shape index (κ2) is 3.92. The third-order valence-electron chi connectivity index (χ3n) is 1.79. The van der Waals surface area contributed by atoms with Gasteiger partial charge in [0.2, 0.25) is 0 Å². The van der Waals surface area contributed by atoms with Crippen LogP contribution in [0.15, 0.2) is 12.2 Å². The molecule has 60 valence electrons. The molecule has 0 bridgehead atoms. The summed E-state index contributed by atoms with van der Waals surface area (Å²) in [7, 11) is 0. The highest BCUT2D eigenvalue weighted by Crippen LogP contribution is 2.21. The Morgan fingerprint density at radius 1 is 1.73 bits per heavy atom. The zero-order valence-corrected chi connectivity index (χ0v) is 7.22. The van der Waals surface area contributed by atoms with E-state index in [9.17, 15) is 4.79 Å². The van der Waals surface area contributed by atoms with Crippen LogP contribution in [0.5, 0.6) is 0 Å². The molecule has 0 heterocycles. The fraction of sp³-hybridized carbons (Fsp3) is 0.556. The predicted molar refractivity (Wildman–Crippen MR) is 43.8 cm³/mol. The van der Waals surface area contributed by atoms with Gasteiger partial charge in [-0.25, -0.2) is 0 Å². The number of hydrogen-bond acceptors (Lipinski definition) is 2. The van der Waals surface area contributed by atoms with Crippen LogP contribution < -0.4 is 0 Å². The van der Waals surface area contributed by atoms with Crippen LogP contribution in [0.1, 0.15) is 27.2 Å². The van der Waals surface area contributed by atoms with Gasteiger partial charge in [0.25, 0.3) is 0 Å². The maximum Gasteiger partial charge on any atom is 0.150 e. The van der Waals surface area contributed by atoms with Crippen LogP contribution in [0, 0.1) is 16.7 Å². The third-order valence-corrected chi connectivity index (χ3v) is 1.79. The van der Waals surface area contributed by atoms with Crippen LogP contribution in [0.25, 0.3) is 0 Å². The number of nitriles is 1. The molecule has 0 aromatic heterocycles. The number of hydrogen-bond donors (Lipinski definition) is 0. The van der Waals surface area contributed by atoms with Crippen molar-refractivity contribution in [3.63, 3.8) is 0 Å². The van der Waals surface area contributed by atoms with E-state index in [2.05, 4.69) is 0 Å². The number of nitrogens with zero attached hydrogens (tertiary/aromatic N) is 1. The van der Waals surface area contributed by atoms with E-state index < -0.39 is 5.41 Å². The summed E-state index contributed by atoms with van der Waals surface area (Å²) < 4.78 is 0. The summed E-state index contributed by atoms with van der Waals surface area (Å²) in [6.45, 7) is 4.99. The Labute approximate surface area is 67.5 Å². The molecule has 0 spiro atoms. The normalized spacial score (nSPS) is 15.8. The Kier molecular flexibility index (Phi) is 3.53. The van der Waals surface area contributed by atoms with E-state index >= 15 is 0 Å². The molecule has 0 fully saturated rings. The van der Waals surface area contributed by atoms with Crippen LogP contribution in [0.4, 0.5) is 0 Å². The van der Waals surface area contributed by atoms with Crippen molar-refractivity contribution in [1.82, 2.24) is 0 Å². The predicted octanol–water partition coefficient (Wildman–Crippen LogP) is 2.07. The summed E-state index contributed by atoms with van der Waals surface area (Å²) in [6.07, 6.45) is 4.19. The molecule has 0 aromatic carbocycles. The molecule has 1 atom stereocenters. The van der Waals surface area contributed by atoms with Crippen LogP contribution in [-0.2, 0) is 4.79 Å². The van der Waals surface area contributed by atoms with Gasteiger partial charge < -0.3 is 0 Å². The highest BCUT2D eigenvalue weighted by molar-refractivity contribution is 5.84. The van der Waals surface area contributed by atoms with Crippen molar-refractivity contribution in [2.24, 2.45) is 5.41 Å². The summed E-state index contributed by atoms with van der Waals surface area (Å²) in [5, 5.41) is 8.68. The van der Waals surface area contributed by atoms with Gasteiger partial charge in [0.05, 0.1) is 6.07 Å².